The molecule has 3 heteroatoms. The quantitative estimate of drug-likeness (QED) is 0.801. The molecule has 0 spiro atoms. The lowest BCUT2D eigenvalue weighted by molar-refractivity contribution is -0.0844. The third-order valence-corrected chi connectivity index (χ3v) is 5.20. The van der Waals surface area contributed by atoms with Crippen LogP contribution in [0.1, 0.15) is 78.1 Å². The smallest absolute Gasteiger partial charge is 0.0678 e. The molecule has 2 aliphatic rings. The van der Waals surface area contributed by atoms with Crippen molar-refractivity contribution in [3.8, 4) is 0 Å². The number of rotatable bonds is 1. The van der Waals surface area contributed by atoms with Crippen LogP contribution < -0.4 is 5.73 Å². The van der Waals surface area contributed by atoms with E-state index in [1.807, 2.05) is 0 Å². The van der Waals surface area contributed by atoms with Gasteiger partial charge in [-0.05, 0) is 26.7 Å². The molecule has 1 aliphatic carbocycles. The molecule has 124 valence electrons. The SMILES string of the molecule is CC1CN(C2CCCCCCCCCCC2N)CC(C)O1. The van der Waals surface area contributed by atoms with Gasteiger partial charge in [-0.25, -0.2) is 0 Å². The van der Waals surface area contributed by atoms with Gasteiger partial charge in [0, 0.05) is 25.2 Å². The topological polar surface area (TPSA) is 38.5 Å². The van der Waals surface area contributed by atoms with Crippen molar-refractivity contribution in [2.24, 2.45) is 5.73 Å². The van der Waals surface area contributed by atoms with Gasteiger partial charge >= 0.3 is 0 Å². The molecule has 1 heterocycles. The number of morpholine rings is 1. The molecular weight excluding hydrogens is 260 g/mol. The van der Waals surface area contributed by atoms with E-state index in [-0.39, 0.29) is 0 Å². The van der Waals surface area contributed by atoms with E-state index < -0.39 is 0 Å². The summed E-state index contributed by atoms with van der Waals surface area (Å²) in [5.74, 6) is 0. The van der Waals surface area contributed by atoms with Crippen LogP contribution in [0.15, 0.2) is 0 Å². The first-order valence-electron chi connectivity index (χ1n) is 9.32. The Balaban J connectivity index is 1.93. The van der Waals surface area contributed by atoms with E-state index in [0.717, 1.165) is 13.1 Å². The van der Waals surface area contributed by atoms with E-state index in [1.54, 1.807) is 0 Å². The summed E-state index contributed by atoms with van der Waals surface area (Å²) in [6.45, 7) is 6.51. The lowest BCUT2D eigenvalue weighted by Crippen LogP contribution is -2.55. The maximum absolute atomic E-state index is 6.60. The zero-order valence-electron chi connectivity index (χ0n) is 14.2. The van der Waals surface area contributed by atoms with E-state index >= 15 is 0 Å². The van der Waals surface area contributed by atoms with Crippen LogP contribution in [0.3, 0.4) is 0 Å². The normalized spacial score (nSPS) is 38.4. The minimum absolute atomic E-state index is 0.349. The molecule has 4 atom stereocenters. The zero-order valence-corrected chi connectivity index (χ0v) is 14.2. The zero-order chi connectivity index (χ0) is 15.1. The van der Waals surface area contributed by atoms with E-state index in [1.165, 1.54) is 64.2 Å². The Morgan fingerprint density at radius 2 is 1.24 bits per heavy atom. The molecule has 0 bridgehead atoms. The number of nitrogens with two attached hydrogens (primary N) is 1. The van der Waals surface area contributed by atoms with Gasteiger partial charge in [0.2, 0.25) is 0 Å². The summed E-state index contributed by atoms with van der Waals surface area (Å²) in [7, 11) is 0. The fraction of sp³-hybridized carbons (Fsp3) is 1.00. The first-order valence-corrected chi connectivity index (χ1v) is 9.32. The third-order valence-electron chi connectivity index (χ3n) is 5.20. The molecule has 0 amide bonds. The Morgan fingerprint density at radius 3 is 1.81 bits per heavy atom. The van der Waals surface area contributed by atoms with Crippen LogP contribution in [0.2, 0.25) is 0 Å². The Bertz CT molecular complexity index is 274. The molecule has 0 aromatic carbocycles. The van der Waals surface area contributed by atoms with Crippen LogP contribution in [0.5, 0.6) is 0 Å². The van der Waals surface area contributed by atoms with Gasteiger partial charge in [-0.1, -0.05) is 51.4 Å². The van der Waals surface area contributed by atoms with Gasteiger partial charge in [0.05, 0.1) is 12.2 Å². The molecule has 1 aliphatic heterocycles. The molecule has 2 fully saturated rings. The average Bonchev–Trinajstić information content (AvgIpc) is 2.41. The standard InChI is InChI=1S/C18H36N2O/c1-15-13-20(14-16(2)21-15)18-12-10-8-6-4-3-5-7-9-11-17(18)19/h15-18H,3-14,19H2,1-2H3. The van der Waals surface area contributed by atoms with Crippen LogP contribution in [-0.4, -0.2) is 42.3 Å². The summed E-state index contributed by atoms with van der Waals surface area (Å²) in [5, 5.41) is 0. The van der Waals surface area contributed by atoms with E-state index in [0.29, 0.717) is 24.3 Å². The molecule has 4 unspecified atom stereocenters. The van der Waals surface area contributed by atoms with Crippen molar-refractivity contribution in [3.63, 3.8) is 0 Å². The number of hydrogen-bond acceptors (Lipinski definition) is 3. The fourth-order valence-corrected chi connectivity index (χ4v) is 4.14. The third kappa shape index (κ3) is 5.88. The summed E-state index contributed by atoms with van der Waals surface area (Å²) in [6.07, 6.45) is 14.3. The van der Waals surface area contributed by atoms with Crippen LogP contribution in [0, 0.1) is 0 Å². The summed E-state index contributed by atoms with van der Waals surface area (Å²) < 4.78 is 5.90. The van der Waals surface area contributed by atoms with Crippen molar-refractivity contribution in [3.05, 3.63) is 0 Å². The van der Waals surface area contributed by atoms with Crippen LogP contribution >= 0.6 is 0 Å². The summed E-state index contributed by atoms with van der Waals surface area (Å²) in [4.78, 5) is 2.63. The highest BCUT2D eigenvalue weighted by Crippen LogP contribution is 2.23. The highest BCUT2D eigenvalue weighted by molar-refractivity contribution is 4.86. The molecule has 2 N–H and O–H groups in total. The van der Waals surface area contributed by atoms with Gasteiger partial charge in [0.1, 0.15) is 0 Å². The molecular formula is C18H36N2O. The van der Waals surface area contributed by atoms with Crippen LogP contribution in [-0.2, 0) is 4.74 Å². The second-order valence-electron chi connectivity index (χ2n) is 7.35. The van der Waals surface area contributed by atoms with Crippen molar-refractivity contribution < 1.29 is 4.74 Å². The maximum atomic E-state index is 6.60. The molecule has 0 aromatic heterocycles. The van der Waals surface area contributed by atoms with Crippen LogP contribution in [0.25, 0.3) is 0 Å². The Hall–Kier alpha value is -0.120. The van der Waals surface area contributed by atoms with Gasteiger partial charge in [-0.15, -0.1) is 0 Å². The summed E-state index contributed by atoms with van der Waals surface area (Å²) >= 11 is 0. The highest BCUT2D eigenvalue weighted by atomic mass is 16.5. The first kappa shape index (κ1) is 17.2. The van der Waals surface area contributed by atoms with Crippen molar-refractivity contribution in [1.82, 2.24) is 4.90 Å². The molecule has 21 heavy (non-hydrogen) atoms. The summed E-state index contributed by atoms with van der Waals surface area (Å²) in [6, 6.07) is 0.917. The second kappa shape index (κ2) is 9.12. The monoisotopic (exact) mass is 296 g/mol. The first-order chi connectivity index (χ1) is 10.2. The van der Waals surface area contributed by atoms with Crippen LogP contribution in [0.4, 0.5) is 0 Å². The lowest BCUT2D eigenvalue weighted by Gasteiger charge is -2.42. The summed E-state index contributed by atoms with van der Waals surface area (Å²) in [5.41, 5.74) is 6.60. The molecule has 1 saturated heterocycles. The van der Waals surface area contributed by atoms with E-state index in [4.69, 9.17) is 10.5 Å². The Kier molecular flexibility index (Phi) is 7.48. The Labute approximate surface area is 131 Å². The van der Waals surface area contributed by atoms with Crippen molar-refractivity contribution in [1.29, 1.82) is 0 Å². The van der Waals surface area contributed by atoms with Gasteiger partial charge in [-0.2, -0.15) is 0 Å². The lowest BCUT2D eigenvalue weighted by atomic mass is 9.92. The predicted octanol–water partition coefficient (Wildman–Crippen LogP) is 3.71. The fourth-order valence-electron chi connectivity index (χ4n) is 4.14. The van der Waals surface area contributed by atoms with E-state index in [2.05, 4.69) is 18.7 Å². The van der Waals surface area contributed by atoms with Gasteiger partial charge in [0.25, 0.3) is 0 Å². The highest BCUT2D eigenvalue weighted by Gasteiger charge is 2.30. The van der Waals surface area contributed by atoms with Crippen molar-refractivity contribution >= 4 is 0 Å². The largest absolute Gasteiger partial charge is 0.373 e. The minimum atomic E-state index is 0.349. The maximum Gasteiger partial charge on any atom is 0.0678 e. The molecule has 3 nitrogen and oxygen atoms in total. The molecule has 0 aromatic rings. The minimum Gasteiger partial charge on any atom is -0.373 e. The van der Waals surface area contributed by atoms with Gasteiger partial charge in [-0.3, -0.25) is 4.90 Å². The number of hydrogen-bond donors (Lipinski definition) is 1. The molecule has 0 radical (unpaired) electrons. The van der Waals surface area contributed by atoms with Gasteiger partial charge < -0.3 is 10.5 Å². The van der Waals surface area contributed by atoms with E-state index in [9.17, 15) is 0 Å². The van der Waals surface area contributed by atoms with Gasteiger partial charge in [0.15, 0.2) is 0 Å². The predicted molar refractivity (Wildman–Crippen MR) is 89.5 cm³/mol. The number of ether oxygens (including phenoxy) is 1. The van der Waals surface area contributed by atoms with Crippen molar-refractivity contribution in [2.75, 3.05) is 13.1 Å². The molecule has 2 rings (SSSR count). The van der Waals surface area contributed by atoms with Crippen molar-refractivity contribution in [2.45, 2.75) is 102 Å². The average molecular weight is 296 g/mol. The second-order valence-corrected chi connectivity index (χ2v) is 7.35. The number of nitrogens with zero attached hydrogens (tertiary/aromatic N) is 1. The Morgan fingerprint density at radius 1 is 0.762 bits per heavy atom. The molecule has 1 saturated carbocycles.